The van der Waals surface area contributed by atoms with Gasteiger partial charge in [-0.05, 0) is 60.0 Å². The van der Waals surface area contributed by atoms with Gasteiger partial charge in [0.25, 0.3) is 5.24 Å². The number of amides is 3. The largest absolute Gasteiger partial charge is 0.481 e. The number of carbonyl (C=O) groups excluding carboxylic acids is 3. The van der Waals surface area contributed by atoms with Crippen LogP contribution >= 0.6 is 11.8 Å². The number of hydrogen-bond acceptors (Lipinski definition) is 5. The van der Waals surface area contributed by atoms with Crippen molar-refractivity contribution in [2.75, 3.05) is 10.2 Å². The van der Waals surface area contributed by atoms with E-state index in [0.717, 1.165) is 41.5 Å². The number of thioether (sulfide) groups is 1. The predicted molar refractivity (Wildman–Crippen MR) is 120 cm³/mol. The third-order valence-corrected chi connectivity index (χ3v) is 5.94. The number of nitrogens with zero attached hydrogens (tertiary/aromatic N) is 1. The number of hydrogen-bond donors (Lipinski definition) is 2. The highest BCUT2D eigenvalue weighted by atomic mass is 32.2. The van der Waals surface area contributed by atoms with Crippen molar-refractivity contribution in [2.24, 2.45) is 0 Å². The van der Waals surface area contributed by atoms with Crippen LogP contribution in [0.2, 0.25) is 0 Å². The summed E-state index contributed by atoms with van der Waals surface area (Å²) in [7, 11) is 0. The molecule has 1 fully saturated rings. The molecule has 1 aliphatic rings. The number of anilines is 2. The zero-order valence-electron chi connectivity index (χ0n) is 17.2. The molecular weight excluding hydrogens is 416 g/mol. The van der Waals surface area contributed by atoms with Crippen molar-refractivity contribution in [3.8, 4) is 0 Å². The predicted octanol–water partition coefficient (Wildman–Crippen LogP) is 4.25. The minimum Gasteiger partial charge on any atom is -0.481 e. The van der Waals surface area contributed by atoms with E-state index in [4.69, 9.17) is 5.11 Å². The van der Waals surface area contributed by atoms with Crippen molar-refractivity contribution >= 4 is 46.2 Å². The minimum atomic E-state index is -0.932. The van der Waals surface area contributed by atoms with Gasteiger partial charge in [0, 0.05) is 12.1 Å². The van der Waals surface area contributed by atoms with Gasteiger partial charge in [0.15, 0.2) is 0 Å². The van der Waals surface area contributed by atoms with Gasteiger partial charge >= 0.3 is 5.97 Å². The molecule has 0 spiro atoms. The monoisotopic (exact) mass is 440 g/mol. The van der Waals surface area contributed by atoms with Gasteiger partial charge in [-0.15, -0.1) is 0 Å². The van der Waals surface area contributed by atoms with Gasteiger partial charge in [-0.25, -0.2) is 4.90 Å². The lowest BCUT2D eigenvalue weighted by Gasteiger charge is -2.14. The van der Waals surface area contributed by atoms with E-state index in [2.05, 4.69) is 12.2 Å². The lowest BCUT2D eigenvalue weighted by molar-refractivity contribution is -0.136. The van der Waals surface area contributed by atoms with Crippen LogP contribution in [0.4, 0.5) is 16.2 Å². The first-order valence-corrected chi connectivity index (χ1v) is 11.0. The normalized spacial score (nSPS) is 15.9. The first-order chi connectivity index (χ1) is 14.9. The average Bonchev–Trinajstić information content (AvgIpc) is 3.01. The van der Waals surface area contributed by atoms with Gasteiger partial charge in [0.1, 0.15) is 5.25 Å². The number of rotatable bonds is 9. The number of carbonyl (C=O) groups is 4. The summed E-state index contributed by atoms with van der Waals surface area (Å²) in [5, 5.41) is 10.3. The van der Waals surface area contributed by atoms with Crippen LogP contribution in [0, 0.1) is 0 Å². The molecule has 7 nitrogen and oxygen atoms in total. The molecule has 8 heteroatoms. The molecule has 1 heterocycles. The average molecular weight is 441 g/mol. The summed E-state index contributed by atoms with van der Waals surface area (Å²) in [6.07, 6.45) is 2.90. The SMILES string of the molecule is CCCCc1ccc(N2C(=O)SC(CC(=O)Nc3ccc(CC(=O)O)cc3)C2=O)cc1. The Bertz CT molecular complexity index is 972. The number of carboxylic acids is 1. The van der Waals surface area contributed by atoms with Gasteiger partial charge in [0.05, 0.1) is 12.1 Å². The fraction of sp³-hybridized carbons (Fsp3) is 0.304. The zero-order valence-corrected chi connectivity index (χ0v) is 18.0. The first-order valence-electron chi connectivity index (χ1n) is 10.1. The third kappa shape index (κ3) is 5.95. The molecule has 1 unspecified atom stereocenters. The summed E-state index contributed by atoms with van der Waals surface area (Å²) in [6, 6.07) is 13.8. The standard InChI is InChI=1S/C23H24N2O5S/c1-2-3-4-15-7-11-18(12-8-15)25-22(29)19(31-23(25)30)14-20(26)24-17-9-5-16(6-10-17)13-21(27)28/h5-12,19H,2-4,13-14H2,1H3,(H,24,26)(H,27,28). The van der Waals surface area contributed by atoms with Crippen molar-refractivity contribution in [3.05, 3.63) is 59.7 Å². The zero-order chi connectivity index (χ0) is 22.4. The molecule has 1 saturated heterocycles. The number of aliphatic carboxylic acids is 1. The van der Waals surface area contributed by atoms with Gasteiger partial charge in [-0.2, -0.15) is 0 Å². The number of nitrogens with one attached hydrogen (secondary N) is 1. The molecule has 0 aromatic heterocycles. The molecule has 2 aromatic carbocycles. The molecule has 1 atom stereocenters. The molecule has 0 saturated carbocycles. The maximum Gasteiger partial charge on any atom is 0.307 e. The molecule has 2 aromatic rings. The van der Waals surface area contributed by atoms with E-state index in [0.29, 0.717) is 16.9 Å². The fourth-order valence-electron chi connectivity index (χ4n) is 3.27. The van der Waals surface area contributed by atoms with Crippen molar-refractivity contribution in [3.63, 3.8) is 0 Å². The smallest absolute Gasteiger partial charge is 0.307 e. The Hall–Kier alpha value is -3.13. The van der Waals surface area contributed by atoms with E-state index in [1.54, 1.807) is 36.4 Å². The van der Waals surface area contributed by atoms with E-state index in [9.17, 15) is 19.2 Å². The van der Waals surface area contributed by atoms with Crippen LogP contribution in [0.1, 0.15) is 37.3 Å². The highest BCUT2D eigenvalue weighted by molar-refractivity contribution is 8.15. The summed E-state index contributed by atoms with van der Waals surface area (Å²) in [5.74, 6) is -1.72. The van der Waals surface area contributed by atoms with Crippen LogP contribution in [-0.2, 0) is 27.2 Å². The first kappa shape index (κ1) is 22.6. The van der Waals surface area contributed by atoms with Crippen molar-refractivity contribution in [1.82, 2.24) is 0 Å². The molecule has 162 valence electrons. The lowest BCUT2D eigenvalue weighted by atomic mass is 10.1. The van der Waals surface area contributed by atoms with Gasteiger partial charge < -0.3 is 10.4 Å². The second-order valence-corrected chi connectivity index (χ2v) is 8.49. The molecule has 2 N–H and O–H groups in total. The van der Waals surface area contributed by atoms with Crippen LogP contribution < -0.4 is 10.2 Å². The maximum absolute atomic E-state index is 12.8. The Morgan fingerprint density at radius 1 is 1.03 bits per heavy atom. The Morgan fingerprint density at radius 3 is 2.29 bits per heavy atom. The number of aryl methyl sites for hydroxylation is 1. The van der Waals surface area contributed by atoms with Crippen molar-refractivity contribution in [1.29, 1.82) is 0 Å². The molecular formula is C23H24N2O5S. The molecule has 3 rings (SSSR count). The summed E-state index contributed by atoms with van der Waals surface area (Å²) in [6.45, 7) is 2.12. The van der Waals surface area contributed by atoms with Crippen LogP contribution in [0.15, 0.2) is 48.5 Å². The maximum atomic E-state index is 12.8. The van der Waals surface area contributed by atoms with Gasteiger partial charge in [-0.1, -0.05) is 37.6 Å². The number of imide groups is 1. The Morgan fingerprint density at radius 2 is 1.68 bits per heavy atom. The van der Waals surface area contributed by atoms with Crippen molar-refractivity contribution in [2.45, 2.75) is 44.3 Å². The van der Waals surface area contributed by atoms with Crippen molar-refractivity contribution < 1.29 is 24.3 Å². The molecule has 0 radical (unpaired) electrons. The summed E-state index contributed by atoms with van der Waals surface area (Å²) >= 11 is 0.854. The Labute approximate surface area is 184 Å². The molecule has 1 aliphatic heterocycles. The van der Waals surface area contributed by atoms with Gasteiger partial charge in [0.2, 0.25) is 11.8 Å². The topological polar surface area (TPSA) is 104 Å². The van der Waals surface area contributed by atoms with Gasteiger partial charge in [-0.3, -0.25) is 19.2 Å². The highest BCUT2D eigenvalue weighted by Crippen LogP contribution is 2.33. The van der Waals surface area contributed by atoms with Crippen LogP contribution in [-0.4, -0.2) is 33.4 Å². The van der Waals surface area contributed by atoms with E-state index in [1.807, 2.05) is 12.1 Å². The lowest BCUT2D eigenvalue weighted by Crippen LogP contribution is -2.32. The number of unbranched alkanes of at least 4 members (excludes halogenated alkanes) is 1. The summed E-state index contributed by atoms with van der Waals surface area (Å²) in [5.41, 5.74) is 2.79. The number of benzene rings is 2. The molecule has 3 amide bonds. The Kier molecular flexibility index (Phi) is 7.46. The van der Waals surface area contributed by atoms with E-state index >= 15 is 0 Å². The Balaban J connectivity index is 1.59. The van der Waals surface area contributed by atoms with E-state index < -0.39 is 17.1 Å². The second kappa shape index (κ2) is 10.3. The summed E-state index contributed by atoms with van der Waals surface area (Å²) < 4.78 is 0. The third-order valence-electron chi connectivity index (χ3n) is 4.90. The van der Waals surface area contributed by atoms with E-state index in [-0.39, 0.29) is 24.0 Å². The second-order valence-electron chi connectivity index (χ2n) is 7.34. The quantitative estimate of drug-likeness (QED) is 0.604. The fourth-order valence-corrected chi connectivity index (χ4v) is 4.26. The van der Waals surface area contributed by atoms with E-state index in [1.165, 1.54) is 0 Å². The minimum absolute atomic E-state index is 0.0982. The van der Waals surface area contributed by atoms with Crippen LogP contribution in [0.25, 0.3) is 0 Å². The highest BCUT2D eigenvalue weighted by Gasteiger charge is 2.41. The summed E-state index contributed by atoms with van der Waals surface area (Å²) in [4.78, 5) is 49.4. The number of carboxylic acid groups (broad SMARTS) is 1. The van der Waals surface area contributed by atoms with Crippen LogP contribution in [0.3, 0.4) is 0 Å². The molecule has 0 aliphatic carbocycles. The molecule has 31 heavy (non-hydrogen) atoms. The molecule has 0 bridgehead atoms. The van der Waals surface area contributed by atoms with Crippen LogP contribution in [0.5, 0.6) is 0 Å².